The smallest absolute Gasteiger partial charge is 0.213 e. The normalized spacial score (nSPS) is 20.2. The monoisotopic (exact) mass is 214 g/mol. The average molecular weight is 215 g/mol. The molecule has 1 aromatic rings. The second kappa shape index (κ2) is 5.17. The first-order valence-corrected chi connectivity index (χ1v) is 4.64. The van der Waals surface area contributed by atoms with Crippen molar-refractivity contribution in [2.75, 3.05) is 13.1 Å². The Balaban J connectivity index is 0.000000980. The third kappa shape index (κ3) is 2.86. The van der Waals surface area contributed by atoms with Crippen LogP contribution in [0.2, 0.25) is 0 Å². The van der Waals surface area contributed by atoms with Crippen LogP contribution in [0.15, 0.2) is 18.3 Å². The predicted octanol–water partition coefficient (Wildman–Crippen LogP) is 1.55. The number of pyridine rings is 1. The lowest BCUT2D eigenvalue weighted by atomic mass is 10.3. The van der Waals surface area contributed by atoms with Gasteiger partial charge in [0, 0.05) is 18.8 Å². The fourth-order valence-electron chi connectivity index (χ4n) is 1.42. The minimum atomic E-state index is 0. The van der Waals surface area contributed by atoms with Gasteiger partial charge >= 0.3 is 0 Å². The molecule has 1 fully saturated rings. The zero-order valence-corrected chi connectivity index (χ0v) is 9.01. The zero-order chi connectivity index (χ0) is 9.10. The topological polar surface area (TPSA) is 34.1 Å². The lowest BCUT2D eigenvalue weighted by Crippen LogP contribution is -2.19. The van der Waals surface area contributed by atoms with Gasteiger partial charge in [0.25, 0.3) is 0 Å². The number of aryl methyl sites for hydroxylation is 1. The molecule has 1 N–H and O–H groups in total. The maximum Gasteiger partial charge on any atom is 0.213 e. The van der Waals surface area contributed by atoms with Gasteiger partial charge in [-0.05, 0) is 25.5 Å². The van der Waals surface area contributed by atoms with E-state index < -0.39 is 0 Å². The fourth-order valence-corrected chi connectivity index (χ4v) is 1.42. The number of nitrogens with one attached hydrogen (secondary N) is 1. The fraction of sp³-hybridized carbons (Fsp3) is 0.500. The van der Waals surface area contributed by atoms with Gasteiger partial charge in [-0.2, -0.15) is 0 Å². The third-order valence-corrected chi connectivity index (χ3v) is 2.19. The number of rotatable bonds is 2. The van der Waals surface area contributed by atoms with Crippen LogP contribution in [0.5, 0.6) is 5.88 Å². The maximum atomic E-state index is 5.66. The molecule has 0 amide bonds. The van der Waals surface area contributed by atoms with Crippen molar-refractivity contribution in [1.82, 2.24) is 10.3 Å². The summed E-state index contributed by atoms with van der Waals surface area (Å²) in [6.07, 6.45) is 3.21. The summed E-state index contributed by atoms with van der Waals surface area (Å²) < 4.78 is 5.66. The van der Waals surface area contributed by atoms with E-state index in [1.165, 1.54) is 0 Å². The lowest BCUT2D eigenvalue weighted by molar-refractivity contribution is 0.214. The minimum Gasteiger partial charge on any atom is -0.473 e. The molecule has 1 aromatic heterocycles. The number of nitrogens with zero attached hydrogens (tertiary/aromatic N) is 1. The first kappa shape index (κ1) is 11.3. The molecule has 1 aliphatic rings. The molecular formula is C10H15ClN2O. The Morgan fingerprint density at radius 3 is 2.93 bits per heavy atom. The van der Waals surface area contributed by atoms with E-state index in [0.29, 0.717) is 6.10 Å². The molecule has 1 saturated heterocycles. The molecule has 1 atom stereocenters. The standard InChI is InChI=1S/C10H14N2O.ClH/c1-8-2-3-10(12-6-8)13-9-4-5-11-7-9;/h2-3,6,9,11H,4-5,7H2,1H3;1H/t9-;/m1./s1. The Bertz CT molecular complexity index is 270. The highest BCUT2D eigenvalue weighted by Crippen LogP contribution is 2.11. The van der Waals surface area contributed by atoms with Gasteiger partial charge in [-0.15, -0.1) is 12.4 Å². The van der Waals surface area contributed by atoms with Crippen LogP contribution in [-0.2, 0) is 0 Å². The Kier molecular flexibility index (Phi) is 4.17. The number of hydrogen-bond acceptors (Lipinski definition) is 3. The molecule has 2 heterocycles. The van der Waals surface area contributed by atoms with E-state index in [9.17, 15) is 0 Å². The molecule has 0 unspecified atom stereocenters. The van der Waals surface area contributed by atoms with Crippen molar-refractivity contribution in [1.29, 1.82) is 0 Å². The molecule has 0 radical (unpaired) electrons. The van der Waals surface area contributed by atoms with Crippen LogP contribution < -0.4 is 10.1 Å². The van der Waals surface area contributed by atoms with Crippen LogP contribution in [0.25, 0.3) is 0 Å². The van der Waals surface area contributed by atoms with Crippen molar-refractivity contribution in [3.63, 3.8) is 0 Å². The number of hydrogen-bond donors (Lipinski definition) is 1. The quantitative estimate of drug-likeness (QED) is 0.811. The largest absolute Gasteiger partial charge is 0.473 e. The molecular weight excluding hydrogens is 200 g/mol. The molecule has 14 heavy (non-hydrogen) atoms. The molecule has 0 aromatic carbocycles. The summed E-state index contributed by atoms with van der Waals surface area (Å²) in [5.41, 5.74) is 1.16. The van der Waals surface area contributed by atoms with E-state index in [-0.39, 0.29) is 12.4 Å². The summed E-state index contributed by atoms with van der Waals surface area (Å²) in [6, 6.07) is 3.94. The minimum absolute atomic E-state index is 0. The summed E-state index contributed by atoms with van der Waals surface area (Å²) >= 11 is 0. The summed E-state index contributed by atoms with van der Waals surface area (Å²) in [6.45, 7) is 4.01. The number of aromatic nitrogens is 1. The maximum absolute atomic E-state index is 5.66. The molecule has 0 bridgehead atoms. The van der Waals surface area contributed by atoms with Gasteiger partial charge in [-0.1, -0.05) is 6.07 Å². The van der Waals surface area contributed by atoms with Gasteiger partial charge in [-0.25, -0.2) is 4.98 Å². The van der Waals surface area contributed by atoms with E-state index in [0.717, 1.165) is 31.0 Å². The third-order valence-electron chi connectivity index (χ3n) is 2.19. The highest BCUT2D eigenvalue weighted by Gasteiger charge is 2.15. The number of halogens is 1. The Morgan fingerprint density at radius 1 is 1.50 bits per heavy atom. The van der Waals surface area contributed by atoms with Crippen LogP contribution in [0.4, 0.5) is 0 Å². The molecule has 2 rings (SSSR count). The van der Waals surface area contributed by atoms with E-state index in [2.05, 4.69) is 10.3 Å². The summed E-state index contributed by atoms with van der Waals surface area (Å²) in [5, 5.41) is 3.25. The Hall–Kier alpha value is -0.800. The lowest BCUT2D eigenvalue weighted by Gasteiger charge is -2.10. The van der Waals surface area contributed by atoms with E-state index in [1.807, 2.05) is 25.3 Å². The molecule has 0 spiro atoms. The molecule has 0 aliphatic carbocycles. The van der Waals surface area contributed by atoms with E-state index in [4.69, 9.17) is 4.74 Å². The second-order valence-corrected chi connectivity index (χ2v) is 3.41. The van der Waals surface area contributed by atoms with Crippen molar-refractivity contribution in [3.8, 4) is 5.88 Å². The first-order chi connectivity index (χ1) is 6.34. The SMILES string of the molecule is Cc1ccc(O[C@@H]2CCNC2)nc1.Cl. The highest BCUT2D eigenvalue weighted by molar-refractivity contribution is 5.85. The Morgan fingerprint density at radius 2 is 2.36 bits per heavy atom. The van der Waals surface area contributed by atoms with Crippen LogP contribution in [-0.4, -0.2) is 24.2 Å². The Labute approximate surface area is 90.3 Å². The number of ether oxygens (including phenoxy) is 1. The molecule has 0 saturated carbocycles. The van der Waals surface area contributed by atoms with Gasteiger partial charge in [0.15, 0.2) is 0 Å². The van der Waals surface area contributed by atoms with E-state index >= 15 is 0 Å². The van der Waals surface area contributed by atoms with Crippen molar-refractivity contribution >= 4 is 12.4 Å². The summed E-state index contributed by atoms with van der Waals surface area (Å²) in [5.74, 6) is 0.735. The van der Waals surface area contributed by atoms with Crippen molar-refractivity contribution in [3.05, 3.63) is 23.9 Å². The van der Waals surface area contributed by atoms with Crippen LogP contribution >= 0.6 is 12.4 Å². The van der Waals surface area contributed by atoms with Crippen LogP contribution in [0.3, 0.4) is 0 Å². The van der Waals surface area contributed by atoms with E-state index in [1.54, 1.807) is 0 Å². The molecule has 78 valence electrons. The highest BCUT2D eigenvalue weighted by atomic mass is 35.5. The van der Waals surface area contributed by atoms with Gasteiger partial charge in [0.2, 0.25) is 5.88 Å². The second-order valence-electron chi connectivity index (χ2n) is 3.41. The van der Waals surface area contributed by atoms with Crippen LogP contribution in [0, 0.1) is 6.92 Å². The van der Waals surface area contributed by atoms with Gasteiger partial charge in [0.05, 0.1) is 0 Å². The molecule has 1 aliphatic heterocycles. The summed E-state index contributed by atoms with van der Waals surface area (Å²) in [7, 11) is 0. The molecule has 4 heteroatoms. The van der Waals surface area contributed by atoms with Gasteiger partial charge < -0.3 is 10.1 Å². The molecule has 3 nitrogen and oxygen atoms in total. The predicted molar refractivity (Wildman–Crippen MR) is 58.1 cm³/mol. The average Bonchev–Trinajstić information content (AvgIpc) is 2.62. The van der Waals surface area contributed by atoms with Gasteiger partial charge in [-0.3, -0.25) is 0 Å². The van der Waals surface area contributed by atoms with Crippen molar-refractivity contribution < 1.29 is 4.74 Å². The van der Waals surface area contributed by atoms with Crippen LogP contribution in [0.1, 0.15) is 12.0 Å². The van der Waals surface area contributed by atoms with Gasteiger partial charge in [0.1, 0.15) is 6.10 Å². The van der Waals surface area contributed by atoms with Crippen molar-refractivity contribution in [2.24, 2.45) is 0 Å². The summed E-state index contributed by atoms with van der Waals surface area (Å²) in [4.78, 5) is 4.19. The zero-order valence-electron chi connectivity index (χ0n) is 8.19. The van der Waals surface area contributed by atoms with Crippen molar-refractivity contribution in [2.45, 2.75) is 19.4 Å². The first-order valence-electron chi connectivity index (χ1n) is 4.64.